The average Bonchev–Trinajstić information content (AvgIpc) is 3.09. The highest BCUT2D eigenvalue weighted by molar-refractivity contribution is 5.85. The Labute approximate surface area is 167 Å². The van der Waals surface area contributed by atoms with E-state index in [1.54, 1.807) is 6.20 Å². The van der Waals surface area contributed by atoms with Crippen molar-refractivity contribution in [3.63, 3.8) is 0 Å². The number of hydrogen-bond donors (Lipinski definition) is 1. The number of nitrogens with one attached hydrogen (secondary N) is 1. The summed E-state index contributed by atoms with van der Waals surface area (Å²) in [6.07, 6.45) is 8.99. The van der Waals surface area contributed by atoms with E-state index in [0.717, 1.165) is 42.3 Å². The first-order valence-electron chi connectivity index (χ1n) is 9.08. The summed E-state index contributed by atoms with van der Waals surface area (Å²) in [5, 5.41) is 12.3. The fourth-order valence-electron chi connectivity index (χ4n) is 4.14. The summed E-state index contributed by atoms with van der Waals surface area (Å²) in [6.45, 7) is 4.60. The van der Waals surface area contributed by atoms with Crippen molar-refractivity contribution in [3.05, 3.63) is 24.5 Å². The van der Waals surface area contributed by atoms with Crippen LogP contribution in [-0.4, -0.2) is 45.9 Å². The maximum Gasteiger partial charge on any atom is 0.160 e. The van der Waals surface area contributed by atoms with Gasteiger partial charge in [0, 0.05) is 32.5 Å². The number of aryl methyl sites for hydroxylation is 1. The van der Waals surface area contributed by atoms with Crippen molar-refractivity contribution < 1.29 is 0 Å². The van der Waals surface area contributed by atoms with E-state index in [1.165, 1.54) is 38.8 Å². The molecule has 0 bridgehead atoms. The second-order valence-electron chi connectivity index (χ2n) is 7.05. The topological polar surface area (TPSA) is 58.9 Å². The lowest BCUT2D eigenvalue weighted by Crippen LogP contribution is -2.39. The van der Waals surface area contributed by atoms with Gasteiger partial charge in [0.2, 0.25) is 0 Å². The molecule has 6 nitrogen and oxygen atoms in total. The Kier molecular flexibility index (Phi) is 7.68. The molecule has 2 fully saturated rings. The van der Waals surface area contributed by atoms with Gasteiger partial charge in [-0.15, -0.1) is 35.0 Å². The highest BCUT2D eigenvalue weighted by atomic mass is 35.5. The normalized spacial score (nSPS) is 18.9. The molecule has 0 aliphatic carbocycles. The summed E-state index contributed by atoms with van der Waals surface area (Å²) in [7, 11) is 1.98. The van der Waals surface area contributed by atoms with Crippen molar-refractivity contribution in [2.45, 2.75) is 25.7 Å². The number of nitrogens with zero attached hydrogens (tertiary/aromatic N) is 5. The van der Waals surface area contributed by atoms with Crippen LogP contribution in [-0.2, 0) is 7.05 Å². The van der Waals surface area contributed by atoms with Gasteiger partial charge in [-0.1, -0.05) is 0 Å². The van der Waals surface area contributed by atoms with E-state index in [-0.39, 0.29) is 24.8 Å². The number of aromatic nitrogens is 4. The minimum Gasteiger partial charge on any atom is -0.355 e. The standard InChI is InChI=1S/C18H26N6.2ClH/c1-23-13-10-20-18(23)16-2-3-17(22-21-16)24-11-6-15(7-12-24)14-4-8-19-9-5-14;;/h2-3,10,13-15,19H,4-9,11-12H2,1H3;2*1H. The molecule has 0 amide bonds. The van der Waals surface area contributed by atoms with Gasteiger partial charge in [0.15, 0.2) is 11.6 Å². The Bertz CT molecular complexity index is 661. The molecule has 2 aliphatic heterocycles. The maximum absolute atomic E-state index is 4.45. The fraction of sp³-hybridized carbons (Fsp3) is 0.611. The number of halogens is 2. The van der Waals surface area contributed by atoms with Crippen molar-refractivity contribution in [2.24, 2.45) is 18.9 Å². The molecule has 0 unspecified atom stereocenters. The monoisotopic (exact) mass is 398 g/mol. The average molecular weight is 399 g/mol. The third-order valence-corrected chi connectivity index (χ3v) is 5.61. The van der Waals surface area contributed by atoms with E-state index < -0.39 is 0 Å². The number of hydrogen-bond acceptors (Lipinski definition) is 5. The van der Waals surface area contributed by atoms with E-state index >= 15 is 0 Å². The summed E-state index contributed by atoms with van der Waals surface area (Å²) in [5.74, 6) is 3.67. The Hall–Kier alpha value is -1.37. The summed E-state index contributed by atoms with van der Waals surface area (Å²) in [6, 6.07) is 4.12. The predicted octanol–water partition coefficient (Wildman–Crippen LogP) is 2.94. The third kappa shape index (κ3) is 4.48. The lowest BCUT2D eigenvalue weighted by atomic mass is 9.79. The minimum atomic E-state index is 0. The van der Waals surface area contributed by atoms with Crippen LogP contribution < -0.4 is 10.2 Å². The van der Waals surface area contributed by atoms with Gasteiger partial charge >= 0.3 is 0 Å². The molecule has 0 aromatic carbocycles. The largest absolute Gasteiger partial charge is 0.355 e. The quantitative estimate of drug-likeness (QED) is 0.860. The molecule has 2 aromatic rings. The first-order valence-corrected chi connectivity index (χ1v) is 9.08. The van der Waals surface area contributed by atoms with Crippen LogP contribution in [0.2, 0.25) is 0 Å². The number of piperidine rings is 2. The van der Waals surface area contributed by atoms with Gasteiger partial charge in [-0.3, -0.25) is 0 Å². The predicted molar refractivity (Wildman–Crippen MR) is 109 cm³/mol. The van der Waals surface area contributed by atoms with Crippen molar-refractivity contribution in [2.75, 3.05) is 31.1 Å². The van der Waals surface area contributed by atoms with Gasteiger partial charge in [0.1, 0.15) is 5.69 Å². The van der Waals surface area contributed by atoms with Crippen LogP contribution in [0.15, 0.2) is 24.5 Å². The van der Waals surface area contributed by atoms with Crippen molar-refractivity contribution >= 4 is 30.6 Å². The molecule has 144 valence electrons. The van der Waals surface area contributed by atoms with Crippen LogP contribution in [0.4, 0.5) is 5.82 Å². The van der Waals surface area contributed by atoms with Crippen molar-refractivity contribution in [1.82, 2.24) is 25.1 Å². The van der Waals surface area contributed by atoms with E-state index in [9.17, 15) is 0 Å². The smallest absolute Gasteiger partial charge is 0.160 e. The fourth-order valence-corrected chi connectivity index (χ4v) is 4.14. The number of rotatable bonds is 3. The van der Waals surface area contributed by atoms with Gasteiger partial charge in [0.25, 0.3) is 0 Å². The summed E-state index contributed by atoms with van der Waals surface area (Å²) in [5.41, 5.74) is 0.829. The Morgan fingerprint density at radius 3 is 2.23 bits per heavy atom. The van der Waals surface area contributed by atoms with E-state index in [2.05, 4.69) is 31.5 Å². The van der Waals surface area contributed by atoms with Gasteiger partial charge in [-0.05, 0) is 62.7 Å². The van der Waals surface area contributed by atoms with Crippen LogP contribution in [0, 0.1) is 11.8 Å². The molecule has 26 heavy (non-hydrogen) atoms. The van der Waals surface area contributed by atoms with Crippen LogP contribution >= 0.6 is 24.8 Å². The molecular formula is C18H28Cl2N6. The molecular weight excluding hydrogens is 371 g/mol. The van der Waals surface area contributed by atoms with Crippen LogP contribution in [0.3, 0.4) is 0 Å². The first kappa shape index (κ1) is 20.9. The van der Waals surface area contributed by atoms with Crippen LogP contribution in [0.5, 0.6) is 0 Å². The lowest BCUT2D eigenvalue weighted by molar-refractivity contribution is 0.221. The molecule has 8 heteroatoms. The zero-order chi connectivity index (χ0) is 16.4. The molecule has 2 saturated heterocycles. The molecule has 0 spiro atoms. The third-order valence-electron chi connectivity index (χ3n) is 5.61. The van der Waals surface area contributed by atoms with E-state index in [1.807, 2.05) is 23.9 Å². The molecule has 2 aromatic heterocycles. The molecule has 0 atom stereocenters. The minimum absolute atomic E-state index is 0. The first-order chi connectivity index (χ1) is 11.8. The zero-order valence-electron chi connectivity index (χ0n) is 15.2. The highest BCUT2D eigenvalue weighted by Crippen LogP contribution is 2.32. The van der Waals surface area contributed by atoms with Crippen molar-refractivity contribution in [3.8, 4) is 11.5 Å². The van der Waals surface area contributed by atoms with Crippen LogP contribution in [0.1, 0.15) is 25.7 Å². The van der Waals surface area contributed by atoms with Gasteiger partial charge in [0.05, 0.1) is 0 Å². The highest BCUT2D eigenvalue weighted by Gasteiger charge is 2.28. The van der Waals surface area contributed by atoms with E-state index in [4.69, 9.17) is 0 Å². The Morgan fingerprint density at radius 2 is 1.65 bits per heavy atom. The Morgan fingerprint density at radius 1 is 0.962 bits per heavy atom. The van der Waals surface area contributed by atoms with Gasteiger partial charge in [-0.25, -0.2) is 4.98 Å². The SMILES string of the molecule is Cl.Cl.Cn1ccnc1-c1ccc(N2CCC(C3CCNCC3)CC2)nn1. The maximum atomic E-state index is 4.45. The zero-order valence-corrected chi connectivity index (χ0v) is 16.8. The van der Waals surface area contributed by atoms with Crippen molar-refractivity contribution in [1.29, 1.82) is 0 Å². The van der Waals surface area contributed by atoms with E-state index in [0.29, 0.717) is 0 Å². The molecule has 4 heterocycles. The summed E-state index contributed by atoms with van der Waals surface area (Å²) >= 11 is 0. The molecule has 1 N–H and O–H groups in total. The van der Waals surface area contributed by atoms with Gasteiger partial charge < -0.3 is 14.8 Å². The number of imidazole rings is 1. The van der Waals surface area contributed by atoms with Crippen LogP contribution in [0.25, 0.3) is 11.5 Å². The summed E-state index contributed by atoms with van der Waals surface area (Å²) in [4.78, 5) is 6.71. The summed E-state index contributed by atoms with van der Waals surface area (Å²) < 4.78 is 1.97. The van der Waals surface area contributed by atoms with Gasteiger partial charge in [-0.2, -0.15) is 0 Å². The Balaban J connectivity index is 0.00000121. The lowest BCUT2D eigenvalue weighted by Gasteiger charge is -2.38. The molecule has 4 rings (SSSR count). The number of anilines is 1. The molecule has 0 saturated carbocycles. The molecule has 0 radical (unpaired) electrons. The second-order valence-corrected chi connectivity index (χ2v) is 7.05. The second kappa shape index (κ2) is 9.53. The molecule has 2 aliphatic rings.